The van der Waals surface area contributed by atoms with E-state index >= 15 is 0 Å². The van der Waals surface area contributed by atoms with Crippen LogP contribution in [0, 0.1) is 5.82 Å². The zero-order valence-corrected chi connectivity index (χ0v) is 18.6. The number of nitrogens with one attached hydrogen (secondary N) is 1. The maximum absolute atomic E-state index is 14.3. The second-order valence-electron chi connectivity index (χ2n) is 6.94. The summed E-state index contributed by atoms with van der Waals surface area (Å²) >= 11 is 12.5. The number of carbonyl (C=O) groups is 1. The molecule has 0 unspecified atom stereocenters. The van der Waals surface area contributed by atoms with Crippen molar-refractivity contribution in [3.8, 4) is 5.88 Å². The van der Waals surface area contributed by atoms with Crippen molar-refractivity contribution in [1.82, 2.24) is 20.4 Å². The molecule has 0 aliphatic heterocycles. The van der Waals surface area contributed by atoms with Gasteiger partial charge in [-0.15, -0.1) is 0 Å². The monoisotopic (exact) mass is 474 g/mol. The zero-order valence-electron chi connectivity index (χ0n) is 17.1. The van der Waals surface area contributed by atoms with Crippen LogP contribution in [0.1, 0.15) is 32.9 Å². The van der Waals surface area contributed by atoms with E-state index in [4.69, 9.17) is 32.7 Å². The molecular formula is C22H17Cl2FN4O3. The molecular weight excluding hydrogens is 458 g/mol. The number of carbonyl (C=O) groups excluding carboxylic acids is 1. The molecule has 0 saturated carbocycles. The Labute approximate surface area is 192 Å². The number of esters is 1. The average Bonchev–Trinajstić information content (AvgIpc) is 3.21. The molecule has 2 aromatic carbocycles. The van der Waals surface area contributed by atoms with E-state index in [-0.39, 0.29) is 17.9 Å². The van der Waals surface area contributed by atoms with Crippen LogP contribution in [-0.2, 0) is 17.6 Å². The van der Waals surface area contributed by atoms with E-state index in [9.17, 15) is 9.18 Å². The summed E-state index contributed by atoms with van der Waals surface area (Å²) in [5.74, 6) is -0.855. The minimum Gasteiger partial charge on any atom is -0.480 e. The highest BCUT2D eigenvalue weighted by atomic mass is 35.5. The van der Waals surface area contributed by atoms with E-state index in [2.05, 4.69) is 20.4 Å². The molecule has 0 aliphatic carbocycles. The fraction of sp³-hybridized carbons (Fsp3) is 0.182. The number of hydrogen-bond donors (Lipinski definition) is 1. The minimum atomic E-state index is -0.571. The fourth-order valence-electron chi connectivity index (χ4n) is 3.46. The number of halogens is 3. The second kappa shape index (κ2) is 9.10. The molecule has 0 amide bonds. The lowest BCUT2D eigenvalue weighted by atomic mass is 10.0. The largest absolute Gasteiger partial charge is 0.480 e. The van der Waals surface area contributed by atoms with Crippen LogP contribution in [-0.4, -0.2) is 40.6 Å². The Morgan fingerprint density at radius 3 is 2.53 bits per heavy atom. The topological polar surface area (TPSA) is 90.0 Å². The highest BCUT2D eigenvalue weighted by molar-refractivity contribution is 6.31. The van der Waals surface area contributed by atoms with E-state index < -0.39 is 11.8 Å². The molecule has 10 heteroatoms. The number of aromatic nitrogens is 4. The smallest absolute Gasteiger partial charge is 0.343 e. The maximum atomic E-state index is 14.3. The minimum absolute atomic E-state index is 0.131. The number of pyridine rings is 1. The molecule has 2 aromatic heterocycles. The summed E-state index contributed by atoms with van der Waals surface area (Å²) in [4.78, 5) is 16.6. The normalized spacial score (nSPS) is 11.0. The number of H-pyrrole nitrogens is 1. The molecule has 7 nitrogen and oxygen atoms in total. The molecule has 0 spiro atoms. The highest BCUT2D eigenvalue weighted by Crippen LogP contribution is 2.30. The summed E-state index contributed by atoms with van der Waals surface area (Å²) in [7, 11) is 2.70. The van der Waals surface area contributed by atoms with E-state index in [1.807, 2.05) is 0 Å². The van der Waals surface area contributed by atoms with Gasteiger partial charge < -0.3 is 9.47 Å². The van der Waals surface area contributed by atoms with Crippen LogP contribution in [0.15, 0.2) is 36.4 Å². The first-order valence-electron chi connectivity index (χ1n) is 9.48. The molecule has 0 bridgehead atoms. The zero-order chi connectivity index (χ0) is 22.8. The van der Waals surface area contributed by atoms with Gasteiger partial charge in [-0.1, -0.05) is 29.3 Å². The number of aromatic amines is 1. The number of methoxy groups -OCH3 is 2. The van der Waals surface area contributed by atoms with E-state index in [1.165, 1.54) is 20.3 Å². The summed E-state index contributed by atoms with van der Waals surface area (Å²) in [5, 5.41) is 12.4. The molecule has 0 aliphatic rings. The third-order valence-corrected chi connectivity index (χ3v) is 5.56. The van der Waals surface area contributed by atoms with E-state index in [1.54, 1.807) is 30.3 Å². The quantitative estimate of drug-likeness (QED) is 0.404. The summed E-state index contributed by atoms with van der Waals surface area (Å²) in [5.41, 5.74) is 2.97. The molecule has 164 valence electrons. The Bertz CT molecular complexity index is 1310. The van der Waals surface area contributed by atoms with Gasteiger partial charge >= 0.3 is 5.97 Å². The van der Waals surface area contributed by atoms with Crippen molar-refractivity contribution >= 4 is 40.1 Å². The van der Waals surface area contributed by atoms with Gasteiger partial charge in [-0.2, -0.15) is 15.4 Å². The molecule has 2 heterocycles. The number of ether oxygens (including phenoxy) is 2. The first-order chi connectivity index (χ1) is 15.4. The predicted octanol–water partition coefficient (Wildman–Crippen LogP) is 4.78. The van der Waals surface area contributed by atoms with Crippen molar-refractivity contribution in [2.24, 2.45) is 0 Å². The number of benzene rings is 2. The lowest BCUT2D eigenvalue weighted by Crippen LogP contribution is -2.07. The number of nitrogens with zero attached hydrogens (tertiary/aromatic N) is 3. The number of hydrogen-bond acceptors (Lipinski definition) is 6. The van der Waals surface area contributed by atoms with Crippen molar-refractivity contribution in [1.29, 1.82) is 0 Å². The molecule has 4 aromatic rings. The Kier molecular flexibility index (Phi) is 6.25. The standard InChI is InChI=1S/C22H17Cl2FN4O3/c1-31-21-15(22(30)32-2)8-11-6-13(23)7-12(20(11)26-21)9-18-19(28-29-27-18)10-14-16(24)4-3-5-17(14)25/h3-8H,9-10H2,1-2H3,(H,27,28,29). The van der Waals surface area contributed by atoms with Gasteiger partial charge in [-0.25, -0.2) is 14.2 Å². The average molecular weight is 475 g/mol. The van der Waals surface area contributed by atoms with Crippen LogP contribution in [0.3, 0.4) is 0 Å². The van der Waals surface area contributed by atoms with Crippen LogP contribution in [0.4, 0.5) is 4.39 Å². The Morgan fingerprint density at radius 2 is 1.84 bits per heavy atom. The van der Waals surface area contributed by atoms with E-state index in [0.717, 1.165) is 5.56 Å². The first-order valence-corrected chi connectivity index (χ1v) is 10.2. The number of fused-ring (bicyclic) bond motifs is 1. The van der Waals surface area contributed by atoms with Gasteiger partial charge in [-0.05, 0) is 35.9 Å². The van der Waals surface area contributed by atoms with Crippen LogP contribution >= 0.6 is 23.2 Å². The number of rotatable bonds is 6. The van der Waals surface area contributed by atoms with Crippen molar-refractivity contribution in [3.63, 3.8) is 0 Å². The van der Waals surface area contributed by atoms with Crippen LogP contribution in [0.5, 0.6) is 5.88 Å². The van der Waals surface area contributed by atoms with Gasteiger partial charge in [0.2, 0.25) is 5.88 Å². The summed E-state index contributed by atoms with van der Waals surface area (Å²) < 4.78 is 24.4. The van der Waals surface area contributed by atoms with Gasteiger partial charge in [0.1, 0.15) is 11.4 Å². The van der Waals surface area contributed by atoms with E-state index in [0.29, 0.717) is 44.3 Å². The van der Waals surface area contributed by atoms with Gasteiger partial charge in [0.25, 0.3) is 0 Å². The molecule has 0 radical (unpaired) electrons. The van der Waals surface area contributed by atoms with Gasteiger partial charge in [0.15, 0.2) is 0 Å². The molecule has 0 atom stereocenters. The lowest BCUT2D eigenvalue weighted by Gasteiger charge is -2.11. The Morgan fingerprint density at radius 1 is 1.09 bits per heavy atom. The van der Waals surface area contributed by atoms with Crippen LogP contribution in [0.2, 0.25) is 10.0 Å². The summed E-state index contributed by atoms with van der Waals surface area (Å²) in [6.07, 6.45) is 0.474. The molecule has 0 saturated heterocycles. The lowest BCUT2D eigenvalue weighted by molar-refractivity contribution is 0.0596. The SMILES string of the molecule is COC(=O)c1cc2cc(Cl)cc(Cc3n[nH]nc3Cc3c(F)cccc3Cl)c2nc1OC. The van der Waals surface area contributed by atoms with Gasteiger partial charge in [0, 0.05) is 33.8 Å². The van der Waals surface area contributed by atoms with Crippen LogP contribution in [0.25, 0.3) is 10.9 Å². The molecule has 32 heavy (non-hydrogen) atoms. The highest BCUT2D eigenvalue weighted by Gasteiger charge is 2.20. The molecule has 0 fully saturated rings. The second-order valence-corrected chi connectivity index (χ2v) is 7.79. The predicted molar refractivity (Wildman–Crippen MR) is 118 cm³/mol. The third-order valence-electron chi connectivity index (χ3n) is 4.99. The maximum Gasteiger partial charge on any atom is 0.343 e. The fourth-order valence-corrected chi connectivity index (χ4v) is 3.94. The Balaban J connectivity index is 1.76. The van der Waals surface area contributed by atoms with Crippen molar-refractivity contribution in [3.05, 3.63) is 80.3 Å². The summed E-state index contributed by atoms with van der Waals surface area (Å²) in [6, 6.07) is 9.58. The molecule has 4 rings (SSSR count). The van der Waals surface area contributed by atoms with Crippen molar-refractivity contribution < 1.29 is 18.7 Å². The van der Waals surface area contributed by atoms with Crippen LogP contribution < -0.4 is 4.74 Å². The van der Waals surface area contributed by atoms with Gasteiger partial charge in [-0.3, -0.25) is 0 Å². The summed E-state index contributed by atoms with van der Waals surface area (Å²) in [6.45, 7) is 0. The first kappa shape index (κ1) is 22.0. The third kappa shape index (κ3) is 4.24. The van der Waals surface area contributed by atoms with Crippen molar-refractivity contribution in [2.75, 3.05) is 14.2 Å². The Hall–Kier alpha value is -3.23. The molecule has 1 N–H and O–H groups in total. The van der Waals surface area contributed by atoms with Gasteiger partial charge in [0.05, 0.1) is 31.1 Å². The van der Waals surface area contributed by atoms with Crippen molar-refractivity contribution in [2.45, 2.75) is 12.8 Å².